The average Bonchev–Trinajstić information content (AvgIpc) is 1.48. The van der Waals surface area contributed by atoms with E-state index in [0.717, 1.165) is 17.1 Å². The van der Waals surface area contributed by atoms with Gasteiger partial charge in [-0.3, -0.25) is 0 Å². The van der Waals surface area contributed by atoms with E-state index in [0.29, 0.717) is 0 Å². The van der Waals surface area contributed by atoms with Crippen molar-refractivity contribution in [2.24, 2.45) is 0 Å². The van der Waals surface area contributed by atoms with Crippen LogP contribution in [0.2, 0.25) is 0 Å². The molecule has 10 heteroatoms. The van der Waals surface area contributed by atoms with E-state index in [-0.39, 0.29) is 13.4 Å². The number of anilines is 12. The molecular formula is C104H60B2N4S4. The van der Waals surface area contributed by atoms with Gasteiger partial charge in [-0.1, -0.05) is 255 Å². The van der Waals surface area contributed by atoms with Crippen molar-refractivity contribution in [1.29, 1.82) is 0 Å². The van der Waals surface area contributed by atoms with Gasteiger partial charge >= 0.3 is 0 Å². The number of hydrogen-bond donors (Lipinski definition) is 0. The molecule has 114 heavy (non-hydrogen) atoms. The molecular weight excluding hydrogens is 1460 g/mol. The predicted octanol–water partition coefficient (Wildman–Crippen LogP) is 26.6. The summed E-state index contributed by atoms with van der Waals surface area (Å²) in [6.45, 7) is 0.106. The SMILES string of the molecule is c1ccc(N2c3cccc4c3B(c3sc5ccccc5c32)c2sc3ccccc3c2N4c2cccc(-c3ccc4c5ccccc5c5cc(-c6ccc(N7c8cccc9c8B(c8sc%10ccccc%10c87)c7sc8ccccc8c7N9c7ccc(-c8cccc9c%10ccccc%10c%10ccccc%10c89)cc7)cc6)ccc5c4c3)c2)cc1. The normalized spacial score (nSPS) is 13.3. The Bertz CT molecular complexity index is 7890. The van der Waals surface area contributed by atoms with Crippen molar-refractivity contribution in [1.82, 2.24) is 0 Å². The molecule has 22 aromatic rings. The summed E-state index contributed by atoms with van der Waals surface area (Å²) in [4.78, 5) is 10.3. The van der Waals surface area contributed by atoms with Gasteiger partial charge in [0.2, 0.25) is 0 Å². The first kappa shape index (κ1) is 63.3. The molecule has 0 bridgehead atoms. The van der Waals surface area contributed by atoms with Crippen LogP contribution in [0.4, 0.5) is 68.2 Å². The molecule has 4 nitrogen and oxygen atoms in total. The van der Waals surface area contributed by atoms with Crippen LogP contribution < -0.4 is 49.6 Å². The van der Waals surface area contributed by atoms with Crippen molar-refractivity contribution in [2.45, 2.75) is 0 Å². The van der Waals surface area contributed by atoms with Gasteiger partial charge in [-0.05, 0) is 218 Å². The molecule has 0 aliphatic carbocycles. The third kappa shape index (κ3) is 8.88. The first-order chi connectivity index (χ1) is 56.6. The largest absolute Gasteiger partial charge is 0.310 e. The summed E-state index contributed by atoms with van der Waals surface area (Å²) in [5.41, 5.74) is 24.4. The highest BCUT2D eigenvalue weighted by Gasteiger charge is 2.49. The predicted molar refractivity (Wildman–Crippen MR) is 497 cm³/mol. The molecule has 0 amide bonds. The van der Waals surface area contributed by atoms with Gasteiger partial charge in [-0.25, -0.2) is 0 Å². The Morgan fingerprint density at radius 3 is 0.921 bits per heavy atom. The molecule has 18 aromatic carbocycles. The molecule has 4 aliphatic rings. The van der Waals surface area contributed by atoms with E-state index < -0.39 is 0 Å². The minimum absolute atomic E-state index is 0.0329. The van der Waals surface area contributed by atoms with Crippen LogP contribution in [0.5, 0.6) is 0 Å². The van der Waals surface area contributed by atoms with Gasteiger partial charge in [-0.15, -0.1) is 45.3 Å². The maximum atomic E-state index is 2.59. The standard InChI is InChI=1S/C104H60B2N4S4/c1-2-23-66(24-3-1)107-86-38-21-41-89-96(86)106(101-97(107)80-32-10-14-42-90(80)111-101)104-100(83-35-13-17-45-93(83)114-104)110(89)69-25-18-22-63(58-69)65-51-56-76-72-27-5-7-30-75(72)84-59-64(50-57-77(84)85(76)60-65)61-46-52-67(53-47-61)108-87-39-20-40-88-95(87)105(102-98(108)81-33-11-15-43-91(81)112-102)103-99(82-34-12-16-44-92(82)113-103)109(88)68-54-48-62(49-55-68)70-36-19-37-79-74-28-6-4-26-71(74)73-29-8-9-31-78(73)94(70)79/h1-60H. The molecule has 4 aromatic heterocycles. The van der Waals surface area contributed by atoms with Gasteiger partial charge < -0.3 is 19.6 Å². The van der Waals surface area contributed by atoms with Gasteiger partial charge in [0.1, 0.15) is 0 Å². The number of benzene rings is 18. The van der Waals surface area contributed by atoms with Crippen LogP contribution in [0.25, 0.3) is 138 Å². The van der Waals surface area contributed by atoms with Gasteiger partial charge in [0.25, 0.3) is 13.4 Å². The minimum Gasteiger partial charge on any atom is -0.310 e. The van der Waals surface area contributed by atoms with Crippen LogP contribution in [0, 0.1) is 0 Å². The summed E-state index contributed by atoms with van der Waals surface area (Å²) in [6.07, 6.45) is 0. The number of fused-ring (bicyclic) bond motifs is 28. The van der Waals surface area contributed by atoms with Crippen molar-refractivity contribution in [3.8, 4) is 33.4 Å². The molecule has 0 atom stereocenters. The Labute approximate surface area is 673 Å². The Kier molecular flexibility index (Phi) is 13.4. The van der Waals surface area contributed by atoms with E-state index in [9.17, 15) is 0 Å². The van der Waals surface area contributed by atoms with Gasteiger partial charge in [-0.2, -0.15) is 0 Å². The molecule has 0 unspecified atom stereocenters. The molecule has 526 valence electrons. The Balaban J connectivity index is 0.582. The first-order valence-corrected chi connectivity index (χ1v) is 42.4. The highest BCUT2D eigenvalue weighted by Crippen LogP contribution is 2.55. The fourth-order valence-corrected chi connectivity index (χ4v) is 25.6. The van der Waals surface area contributed by atoms with E-state index in [1.807, 2.05) is 45.3 Å². The Morgan fingerprint density at radius 2 is 0.474 bits per heavy atom. The van der Waals surface area contributed by atoms with Crippen LogP contribution in [0.3, 0.4) is 0 Å². The van der Waals surface area contributed by atoms with Crippen molar-refractivity contribution < 1.29 is 0 Å². The number of hydrogen-bond acceptors (Lipinski definition) is 8. The molecule has 0 spiro atoms. The third-order valence-corrected chi connectivity index (χ3v) is 29.8. The zero-order valence-corrected chi connectivity index (χ0v) is 64.5. The van der Waals surface area contributed by atoms with E-state index in [2.05, 4.69) is 384 Å². The summed E-state index contributed by atoms with van der Waals surface area (Å²) in [6, 6.07) is 138. The molecule has 0 saturated heterocycles. The molecule has 26 rings (SSSR count). The minimum atomic E-state index is 0.0329. The highest BCUT2D eigenvalue weighted by atomic mass is 32.1. The summed E-state index contributed by atoms with van der Waals surface area (Å²) in [7, 11) is 0. The molecule has 0 fully saturated rings. The lowest BCUT2D eigenvalue weighted by Gasteiger charge is -2.42. The van der Waals surface area contributed by atoms with E-state index in [4.69, 9.17) is 0 Å². The molecule has 8 heterocycles. The van der Waals surface area contributed by atoms with Crippen molar-refractivity contribution in [3.05, 3.63) is 364 Å². The maximum absolute atomic E-state index is 2.59. The summed E-state index contributed by atoms with van der Waals surface area (Å²) < 4.78 is 10.8. The number of thiophene rings is 4. The van der Waals surface area contributed by atoms with Crippen molar-refractivity contribution in [3.63, 3.8) is 0 Å². The second-order valence-electron chi connectivity index (χ2n) is 30.7. The van der Waals surface area contributed by atoms with Crippen LogP contribution in [0.15, 0.2) is 364 Å². The van der Waals surface area contributed by atoms with Crippen LogP contribution in [-0.4, -0.2) is 13.4 Å². The lowest BCUT2D eigenvalue weighted by molar-refractivity contribution is 1.28. The second-order valence-corrected chi connectivity index (χ2v) is 35.1. The smallest absolute Gasteiger partial charge is 0.277 e. The summed E-state index contributed by atoms with van der Waals surface area (Å²) in [5.74, 6) is 0. The summed E-state index contributed by atoms with van der Waals surface area (Å²) >= 11 is 7.83. The lowest BCUT2D eigenvalue weighted by Crippen LogP contribution is -2.59. The molecule has 0 radical (unpaired) electrons. The van der Waals surface area contributed by atoms with Gasteiger partial charge in [0, 0.05) is 105 Å². The fourth-order valence-electron chi connectivity index (χ4n) is 20.2. The van der Waals surface area contributed by atoms with E-state index in [1.54, 1.807) is 0 Å². The quantitative estimate of drug-likeness (QED) is 0.116. The first-order valence-electron chi connectivity index (χ1n) is 39.2. The summed E-state index contributed by atoms with van der Waals surface area (Å²) in [5, 5.41) is 20.3. The zero-order chi connectivity index (χ0) is 74.1. The number of para-hydroxylation sites is 1. The Hall–Kier alpha value is -13.3. The second kappa shape index (κ2) is 24.1. The van der Waals surface area contributed by atoms with E-state index in [1.165, 1.54) is 220 Å². The number of rotatable bonds is 7. The third-order valence-electron chi connectivity index (χ3n) is 24.9. The monoisotopic (exact) mass is 1510 g/mol. The van der Waals surface area contributed by atoms with E-state index >= 15 is 0 Å². The lowest BCUT2D eigenvalue weighted by atomic mass is 9.39. The zero-order valence-electron chi connectivity index (χ0n) is 61.2. The van der Waals surface area contributed by atoms with Crippen molar-refractivity contribution in [2.75, 3.05) is 19.6 Å². The maximum Gasteiger partial charge on any atom is 0.277 e. The van der Waals surface area contributed by atoms with Crippen LogP contribution >= 0.6 is 45.3 Å². The van der Waals surface area contributed by atoms with Gasteiger partial charge in [0.05, 0.1) is 22.7 Å². The topological polar surface area (TPSA) is 13.0 Å². The van der Waals surface area contributed by atoms with Crippen molar-refractivity contribution >= 4 is 262 Å². The average molecular weight is 1520 g/mol. The molecule has 4 aliphatic heterocycles. The van der Waals surface area contributed by atoms with Gasteiger partial charge in [0.15, 0.2) is 0 Å². The van der Waals surface area contributed by atoms with Crippen LogP contribution in [0.1, 0.15) is 0 Å². The fraction of sp³-hybridized carbons (Fsp3) is 0. The molecule has 0 saturated carbocycles. The highest BCUT2D eigenvalue weighted by molar-refractivity contribution is 7.42. The molecule has 0 N–H and O–H groups in total. The number of nitrogens with zero attached hydrogens (tertiary/aromatic N) is 4. The van der Waals surface area contributed by atoms with Crippen LogP contribution in [-0.2, 0) is 0 Å². The Morgan fingerprint density at radius 1 is 0.184 bits per heavy atom.